The minimum Gasteiger partial charge on any atom is -0.352 e. The van der Waals surface area contributed by atoms with Crippen molar-refractivity contribution in [2.24, 2.45) is 0 Å². The fourth-order valence-electron chi connectivity index (χ4n) is 2.09. The zero-order valence-corrected chi connectivity index (χ0v) is 14.8. The second-order valence-electron chi connectivity index (χ2n) is 5.45. The first-order valence-corrected chi connectivity index (χ1v) is 8.95. The van der Waals surface area contributed by atoms with E-state index in [1.165, 1.54) is 11.8 Å². The van der Waals surface area contributed by atoms with Crippen molar-refractivity contribution in [2.75, 3.05) is 17.6 Å². The highest BCUT2D eigenvalue weighted by Crippen LogP contribution is 2.23. The van der Waals surface area contributed by atoms with Crippen molar-refractivity contribution in [1.82, 2.24) is 5.32 Å². The monoisotopic (exact) mass is 342 g/mol. The van der Waals surface area contributed by atoms with Gasteiger partial charge in [-0.25, -0.2) is 0 Å². The van der Waals surface area contributed by atoms with E-state index in [0.717, 1.165) is 22.6 Å². The number of aryl methyl sites for hydroxylation is 1. The van der Waals surface area contributed by atoms with Crippen LogP contribution in [0.15, 0.2) is 53.4 Å². The summed E-state index contributed by atoms with van der Waals surface area (Å²) in [5.41, 5.74) is 2.54. The van der Waals surface area contributed by atoms with Crippen molar-refractivity contribution in [3.8, 4) is 0 Å². The molecule has 4 nitrogen and oxygen atoms in total. The largest absolute Gasteiger partial charge is 0.352 e. The van der Waals surface area contributed by atoms with Gasteiger partial charge in [0.05, 0.1) is 11.3 Å². The highest BCUT2D eigenvalue weighted by Gasteiger charge is 2.12. The number of hydrogen-bond donors (Lipinski definition) is 2. The van der Waals surface area contributed by atoms with Crippen LogP contribution in [0.1, 0.15) is 29.3 Å². The smallest absolute Gasteiger partial charge is 0.252 e. The fourth-order valence-corrected chi connectivity index (χ4v) is 2.94. The van der Waals surface area contributed by atoms with E-state index < -0.39 is 0 Å². The van der Waals surface area contributed by atoms with E-state index in [1.807, 2.05) is 56.3 Å². The molecule has 0 aliphatic heterocycles. The summed E-state index contributed by atoms with van der Waals surface area (Å²) in [6.45, 7) is 4.66. The van der Waals surface area contributed by atoms with Gasteiger partial charge >= 0.3 is 0 Å². The first-order valence-electron chi connectivity index (χ1n) is 7.96. The van der Waals surface area contributed by atoms with E-state index in [9.17, 15) is 9.59 Å². The van der Waals surface area contributed by atoms with Gasteiger partial charge in [0.25, 0.3) is 5.91 Å². The van der Waals surface area contributed by atoms with Gasteiger partial charge in [-0.05, 0) is 37.6 Å². The van der Waals surface area contributed by atoms with E-state index >= 15 is 0 Å². The maximum atomic E-state index is 12.2. The van der Waals surface area contributed by atoms with Crippen LogP contribution in [0.25, 0.3) is 0 Å². The first kappa shape index (κ1) is 18.1. The second kappa shape index (κ2) is 9.13. The molecule has 0 aromatic heterocycles. The lowest BCUT2D eigenvalue weighted by Crippen LogP contribution is -2.24. The molecule has 0 saturated carbocycles. The Morgan fingerprint density at radius 1 is 1.04 bits per heavy atom. The van der Waals surface area contributed by atoms with Crippen LogP contribution < -0.4 is 10.6 Å². The van der Waals surface area contributed by atoms with Gasteiger partial charge in [-0.15, -0.1) is 11.8 Å². The Labute approximate surface area is 147 Å². The maximum Gasteiger partial charge on any atom is 0.252 e. The first-order chi connectivity index (χ1) is 11.6. The van der Waals surface area contributed by atoms with Crippen molar-refractivity contribution in [3.05, 3.63) is 59.7 Å². The number of amides is 2. The normalized spacial score (nSPS) is 10.2. The molecular formula is C19H22N2O2S. The van der Waals surface area contributed by atoms with Crippen molar-refractivity contribution in [2.45, 2.75) is 25.2 Å². The van der Waals surface area contributed by atoms with Crippen molar-refractivity contribution in [3.63, 3.8) is 0 Å². The summed E-state index contributed by atoms with van der Waals surface area (Å²) in [5, 5.41) is 5.73. The van der Waals surface area contributed by atoms with Gasteiger partial charge < -0.3 is 10.6 Å². The molecule has 0 aliphatic rings. The zero-order valence-electron chi connectivity index (χ0n) is 14.0. The standard InChI is InChI=1S/C19H22N2O2S/c1-3-12-20-19(23)16-6-4-5-7-17(16)24-13-18(22)21-15-10-8-14(2)9-11-15/h4-11H,3,12-13H2,1-2H3,(H,20,23)(H,21,22). The van der Waals surface area contributed by atoms with Crippen LogP contribution in [0, 0.1) is 6.92 Å². The van der Waals surface area contributed by atoms with E-state index in [0.29, 0.717) is 12.1 Å². The summed E-state index contributed by atoms with van der Waals surface area (Å²) in [5.74, 6) is 0.0675. The van der Waals surface area contributed by atoms with Crippen LogP contribution in [0.5, 0.6) is 0 Å². The number of carbonyl (C=O) groups is 2. The highest BCUT2D eigenvalue weighted by atomic mass is 32.2. The van der Waals surface area contributed by atoms with Gasteiger partial charge in [-0.2, -0.15) is 0 Å². The molecule has 0 bridgehead atoms. The second-order valence-corrected chi connectivity index (χ2v) is 6.47. The quantitative estimate of drug-likeness (QED) is 0.751. The lowest BCUT2D eigenvalue weighted by Gasteiger charge is -2.10. The minimum absolute atomic E-state index is 0.0902. The third-order valence-electron chi connectivity index (χ3n) is 3.36. The van der Waals surface area contributed by atoms with E-state index in [1.54, 1.807) is 6.07 Å². The molecule has 126 valence electrons. The molecule has 5 heteroatoms. The van der Waals surface area contributed by atoms with Gasteiger partial charge in [0.15, 0.2) is 0 Å². The molecule has 0 fully saturated rings. The van der Waals surface area contributed by atoms with Crippen molar-refractivity contribution in [1.29, 1.82) is 0 Å². The summed E-state index contributed by atoms with van der Waals surface area (Å²) in [6.07, 6.45) is 0.889. The Bertz CT molecular complexity index is 699. The minimum atomic E-state index is -0.0982. The molecule has 0 heterocycles. The molecule has 2 rings (SSSR count). The van der Waals surface area contributed by atoms with Gasteiger partial charge in [-0.3, -0.25) is 9.59 Å². The lowest BCUT2D eigenvalue weighted by atomic mass is 10.2. The lowest BCUT2D eigenvalue weighted by molar-refractivity contribution is -0.113. The molecular weight excluding hydrogens is 320 g/mol. The third kappa shape index (κ3) is 5.42. The molecule has 0 spiro atoms. The van der Waals surface area contributed by atoms with Gasteiger partial charge in [0.2, 0.25) is 5.91 Å². The maximum absolute atomic E-state index is 12.2. The number of nitrogens with one attached hydrogen (secondary N) is 2. The van der Waals surface area contributed by atoms with Gasteiger partial charge in [0.1, 0.15) is 0 Å². The van der Waals surface area contributed by atoms with Crippen LogP contribution in [0.4, 0.5) is 5.69 Å². The molecule has 2 amide bonds. The topological polar surface area (TPSA) is 58.2 Å². The Kier molecular flexibility index (Phi) is 6.88. The molecule has 0 aliphatic carbocycles. The molecule has 24 heavy (non-hydrogen) atoms. The third-order valence-corrected chi connectivity index (χ3v) is 4.43. The molecule has 0 saturated heterocycles. The van der Waals surface area contributed by atoms with E-state index in [2.05, 4.69) is 10.6 Å². The highest BCUT2D eigenvalue weighted by molar-refractivity contribution is 8.00. The Hall–Kier alpha value is -2.27. The van der Waals surface area contributed by atoms with Gasteiger partial charge in [0, 0.05) is 17.1 Å². The summed E-state index contributed by atoms with van der Waals surface area (Å²) >= 11 is 1.37. The molecule has 2 aromatic carbocycles. The molecule has 0 atom stereocenters. The van der Waals surface area contributed by atoms with Crippen LogP contribution in [-0.4, -0.2) is 24.1 Å². The summed E-state index contributed by atoms with van der Waals surface area (Å²) in [7, 11) is 0. The van der Waals surface area contributed by atoms with Crippen molar-refractivity contribution < 1.29 is 9.59 Å². The van der Waals surface area contributed by atoms with Crippen LogP contribution in [0.2, 0.25) is 0 Å². The van der Waals surface area contributed by atoms with Crippen molar-refractivity contribution >= 4 is 29.3 Å². The average molecular weight is 342 g/mol. The Morgan fingerprint density at radius 3 is 2.46 bits per heavy atom. The number of rotatable bonds is 7. The molecule has 2 N–H and O–H groups in total. The Balaban J connectivity index is 1.95. The van der Waals surface area contributed by atoms with E-state index in [-0.39, 0.29) is 17.6 Å². The van der Waals surface area contributed by atoms with E-state index in [4.69, 9.17) is 0 Å². The number of anilines is 1. The number of benzene rings is 2. The van der Waals surface area contributed by atoms with Crippen LogP contribution in [0.3, 0.4) is 0 Å². The number of thioether (sulfide) groups is 1. The fraction of sp³-hybridized carbons (Fsp3) is 0.263. The molecule has 0 unspecified atom stereocenters. The van der Waals surface area contributed by atoms with Crippen LogP contribution in [-0.2, 0) is 4.79 Å². The predicted octanol–water partition coefficient (Wildman–Crippen LogP) is 3.87. The summed E-state index contributed by atoms with van der Waals surface area (Å²) in [4.78, 5) is 25.1. The number of carbonyl (C=O) groups excluding carboxylic acids is 2. The molecule has 0 radical (unpaired) electrons. The molecule has 2 aromatic rings. The summed E-state index contributed by atoms with van der Waals surface area (Å²) in [6, 6.07) is 15.0. The average Bonchev–Trinajstić information content (AvgIpc) is 2.60. The number of hydrogen-bond acceptors (Lipinski definition) is 3. The SMILES string of the molecule is CCCNC(=O)c1ccccc1SCC(=O)Nc1ccc(C)cc1. The van der Waals surface area contributed by atoms with Gasteiger partial charge in [-0.1, -0.05) is 36.8 Å². The zero-order chi connectivity index (χ0) is 17.4. The Morgan fingerprint density at radius 2 is 1.75 bits per heavy atom. The van der Waals surface area contributed by atoms with Crippen LogP contribution >= 0.6 is 11.8 Å². The summed E-state index contributed by atoms with van der Waals surface area (Å²) < 4.78 is 0. The predicted molar refractivity (Wildman–Crippen MR) is 99.6 cm³/mol.